The maximum Gasteiger partial charge on any atom is 0.339 e. The zero-order chi connectivity index (χ0) is 16.3. The van der Waals surface area contributed by atoms with E-state index in [2.05, 4.69) is 0 Å². The normalized spacial score (nSPS) is 11.4. The molecule has 0 atom stereocenters. The lowest BCUT2D eigenvalue weighted by atomic mass is 10.1. The van der Waals surface area contributed by atoms with Gasteiger partial charge in [0.1, 0.15) is 4.90 Å². The van der Waals surface area contributed by atoms with Gasteiger partial charge in [-0.15, -0.1) is 0 Å². The first-order valence-electron chi connectivity index (χ1n) is 6.68. The van der Waals surface area contributed by atoms with E-state index in [1.54, 1.807) is 18.2 Å². The van der Waals surface area contributed by atoms with Crippen LogP contribution in [0.5, 0.6) is 11.5 Å². The monoisotopic (exact) mass is 320 g/mol. The second kappa shape index (κ2) is 6.19. The molecule has 22 heavy (non-hydrogen) atoms. The quantitative estimate of drug-likeness (QED) is 0.876. The molecule has 116 valence electrons. The molecule has 0 amide bonds. The Morgan fingerprint density at radius 1 is 1.05 bits per heavy atom. The smallest absolute Gasteiger partial charge is 0.339 e. The summed E-state index contributed by atoms with van der Waals surface area (Å²) < 4.78 is 29.4. The standard InChI is InChI=1S/C16H16O5S/c1-11(2)12-8-9-14(17)16(18)15(10-12)21-22(19,20)13-6-4-3-5-7-13/h3-11H,1-2H3,(H,17,18). The van der Waals surface area contributed by atoms with Gasteiger partial charge in [0.2, 0.25) is 11.2 Å². The zero-order valence-corrected chi connectivity index (χ0v) is 13.0. The van der Waals surface area contributed by atoms with Crippen LogP contribution in [-0.2, 0) is 10.1 Å². The summed E-state index contributed by atoms with van der Waals surface area (Å²) in [4.78, 5) is 11.7. The molecule has 0 saturated carbocycles. The van der Waals surface area contributed by atoms with E-state index in [1.807, 2.05) is 13.8 Å². The Bertz CT molecular complexity index is 827. The molecule has 1 N–H and O–H groups in total. The molecule has 0 bridgehead atoms. The molecule has 2 aromatic rings. The summed E-state index contributed by atoms with van der Waals surface area (Å²) in [7, 11) is -4.12. The Hall–Kier alpha value is -2.34. The average molecular weight is 320 g/mol. The third-order valence-electron chi connectivity index (χ3n) is 3.09. The van der Waals surface area contributed by atoms with Gasteiger partial charge in [0.05, 0.1) is 0 Å². The van der Waals surface area contributed by atoms with Gasteiger partial charge in [-0.05, 0) is 35.7 Å². The zero-order valence-electron chi connectivity index (χ0n) is 12.2. The third kappa shape index (κ3) is 3.46. The molecule has 0 aliphatic rings. The van der Waals surface area contributed by atoms with Gasteiger partial charge < -0.3 is 9.29 Å². The van der Waals surface area contributed by atoms with Crippen molar-refractivity contribution < 1.29 is 17.7 Å². The van der Waals surface area contributed by atoms with Gasteiger partial charge in [0.25, 0.3) is 0 Å². The average Bonchev–Trinajstić information content (AvgIpc) is 2.62. The van der Waals surface area contributed by atoms with Crippen LogP contribution < -0.4 is 9.61 Å². The number of hydrogen-bond donors (Lipinski definition) is 1. The molecule has 2 rings (SSSR count). The Balaban J connectivity index is 2.54. The first-order chi connectivity index (χ1) is 10.3. The molecule has 0 fully saturated rings. The summed E-state index contributed by atoms with van der Waals surface area (Å²) in [6.07, 6.45) is 0. The first kappa shape index (κ1) is 16.0. The van der Waals surface area contributed by atoms with Crippen LogP contribution in [0.2, 0.25) is 0 Å². The van der Waals surface area contributed by atoms with Crippen molar-refractivity contribution in [1.29, 1.82) is 0 Å². The summed E-state index contributed by atoms with van der Waals surface area (Å²) >= 11 is 0. The molecule has 2 aromatic carbocycles. The van der Waals surface area contributed by atoms with Gasteiger partial charge in [-0.3, -0.25) is 4.79 Å². The molecule has 0 spiro atoms. The fourth-order valence-electron chi connectivity index (χ4n) is 1.82. The van der Waals surface area contributed by atoms with Crippen LogP contribution in [0.4, 0.5) is 0 Å². The lowest BCUT2D eigenvalue weighted by Gasteiger charge is -2.08. The molecule has 0 saturated heterocycles. The van der Waals surface area contributed by atoms with E-state index in [-0.39, 0.29) is 16.6 Å². The van der Waals surface area contributed by atoms with Crippen molar-refractivity contribution in [3.05, 3.63) is 64.3 Å². The molecule has 5 nitrogen and oxygen atoms in total. The van der Waals surface area contributed by atoms with Gasteiger partial charge in [-0.1, -0.05) is 38.1 Å². The van der Waals surface area contributed by atoms with Crippen LogP contribution in [0.25, 0.3) is 0 Å². The van der Waals surface area contributed by atoms with Crippen molar-refractivity contribution in [2.45, 2.75) is 24.7 Å². The number of hydrogen-bond acceptors (Lipinski definition) is 5. The fraction of sp³-hybridized carbons (Fsp3) is 0.188. The summed E-state index contributed by atoms with van der Waals surface area (Å²) in [6.45, 7) is 3.76. The van der Waals surface area contributed by atoms with Crippen molar-refractivity contribution in [3.8, 4) is 11.5 Å². The summed E-state index contributed by atoms with van der Waals surface area (Å²) in [5.41, 5.74) is -0.0270. The van der Waals surface area contributed by atoms with E-state index in [0.29, 0.717) is 5.56 Å². The van der Waals surface area contributed by atoms with Gasteiger partial charge >= 0.3 is 10.1 Å². The predicted molar refractivity (Wildman–Crippen MR) is 82.7 cm³/mol. The summed E-state index contributed by atoms with van der Waals surface area (Å²) in [5, 5.41) is 9.87. The molecule has 0 heterocycles. The minimum Gasteiger partial charge on any atom is -0.502 e. The van der Waals surface area contributed by atoms with E-state index in [1.165, 1.54) is 30.3 Å². The molecular weight excluding hydrogens is 304 g/mol. The largest absolute Gasteiger partial charge is 0.502 e. The molecule has 0 radical (unpaired) electrons. The molecule has 6 heteroatoms. The summed E-state index contributed by atoms with van der Waals surface area (Å²) in [6, 6.07) is 11.6. The van der Waals surface area contributed by atoms with Crippen LogP contribution in [0.1, 0.15) is 25.3 Å². The number of benzene rings is 1. The van der Waals surface area contributed by atoms with Crippen molar-refractivity contribution in [2.24, 2.45) is 0 Å². The Morgan fingerprint density at radius 3 is 2.27 bits per heavy atom. The van der Waals surface area contributed by atoms with E-state index in [0.717, 1.165) is 0 Å². The Kier molecular flexibility index (Phi) is 4.51. The molecule has 0 unspecified atom stereocenters. The fourth-order valence-corrected chi connectivity index (χ4v) is 2.77. The highest BCUT2D eigenvalue weighted by Gasteiger charge is 2.19. The maximum atomic E-state index is 12.2. The highest BCUT2D eigenvalue weighted by atomic mass is 32.2. The number of rotatable bonds is 4. The van der Waals surface area contributed by atoms with Crippen LogP contribution >= 0.6 is 0 Å². The Labute approximate surface area is 128 Å². The lowest BCUT2D eigenvalue weighted by molar-refractivity contribution is 0.425. The van der Waals surface area contributed by atoms with Crippen molar-refractivity contribution in [1.82, 2.24) is 0 Å². The summed E-state index contributed by atoms with van der Waals surface area (Å²) in [5.74, 6) is -1.07. The minimum absolute atomic E-state index is 0.0352. The molecule has 0 aliphatic heterocycles. The van der Waals surface area contributed by atoms with Gasteiger partial charge in [-0.2, -0.15) is 8.42 Å². The Morgan fingerprint density at radius 2 is 1.68 bits per heavy atom. The van der Waals surface area contributed by atoms with Crippen LogP contribution in [0.15, 0.2) is 58.2 Å². The van der Waals surface area contributed by atoms with Crippen molar-refractivity contribution in [2.75, 3.05) is 0 Å². The topological polar surface area (TPSA) is 80.7 Å². The van der Waals surface area contributed by atoms with Gasteiger partial charge in [0, 0.05) is 0 Å². The predicted octanol–water partition coefficient (Wildman–Crippen LogP) is 2.64. The van der Waals surface area contributed by atoms with Crippen LogP contribution in [0, 0.1) is 0 Å². The van der Waals surface area contributed by atoms with Crippen molar-refractivity contribution >= 4 is 10.1 Å². The van der Waals surface area contributed by atoms with Crippen LogP contribution in [-0.4, -0.2) is 13.5 Å². The van der Waals surface area contributed by atoms with E-state index < -0.39 is 21.3 Å². The minimum atomic E-state index is -4.12. The highest BCUT2D eigenvalue weighted by Crippen LogP contribution is 2.28. The van der Waals surface area contributed by atoms with Crippen LogP contribution in [0.3, 0.4) is 0 Å². The first-order valence-corrected chi connectivity index (χ1v) is 8.09. The third-order valence-corrected chi connectivity index (χ3v) is 4.34. The van der Waals surface area contributed by atoms with Gasteiger partial charge in [-0.25, -0.2) is 0 Å². The second-order valence-electron chi connectivity index (χ2n) is 5.06. The van der Waals surface area contributed by atoms with Gasteiger partial charge in [0.15, 0.2) is 5.75 Å². The maximum absolute atomic E-state index is 12.2. The molecule has 0 aromatic heterocycles. The lowest BCUT2D eigenvalue weighted by Crippen LogP contribution is -2.10. The van der Waals surface area contributed by atoms with Crippen molar-refractivity contribution in [3.63, 3.8) is 0 Å². The number of aromatic hydroxyl groups is 1. The SMILES string of the molecule is CC(C)c1ccc(=O)c(O)c(OS(=O)(=O)c2ccccc2)c1. The van der Waals surface area contributed by atoms with E-state index in [9.17, 15) is 18.3 Å². The second-order valence-corrected chi connectivity index (χ2v) is 6.61. The van der Waals surface area contributed by atoms with E-state index in [4.69, 9.17) is 4.18 Å². The van der Waals surface area contributed by atoms with E-state index >= 15 is 0 Å². The molecular formula is C16H16O5S. The highest BCUT2D eigenvalue weighted by molar-refractivity contribution is 7.87. The molecule has 0 aliphatic carbocycles.